The molecule has 2 aromatic carbocycles. The second kappa shape index (κ2) is 5.54. The molecule has 3 rings (SSSR count). The highest BCUT2D eigenvalue weighted by Gasteiger charge is 2.21. The molecule has 3 nitrogen and oxygen atoms in total. The van der Waals surface area contributed by atoms with Gasteiger partial charge in [-0.25, -0.2) is 0 Å². The second-order valence-corrected chi connectivity index (χ2v) is 5.92. The molecule has 0 spiro atoms. The molecule has 0 aliphatic rings. The molecule has 0 aliphatic carbocycles. The summed E-state index contributed by atoms with van der Waals surface area (Å²) in [5.74, 6) is 0.934. The monoisotopic (exact) mass is 362 g/mol. The van der Waals surface area contributed by atoms with Gasteiger partial charge in [0.05, 0.1) is 10.6 Å². The predicted molar refractivity (Wildman–Crippen MR) is 89.2 cm³/mol. The van der Waals surface area contributed by atoms with Crippen LogP contribution in [0, 0.1) is 6.92 Å². The first-order valence-corrected chi connectivity index (χ1v) is 7.52. The summed E-state index contributed by atoms with van der Waals surface area (Å²) in [6.07, 6.45) is 0. The minimum atomic E-state index is 0.357. The van der Waals surface area contributed by atoms with Crippen molar-refractivity contribution in [2.75, 3.05) is 5.73 Å². The quantitative estimate of drug-likeness (QED) is 0.671. The fraction of sp³-hybridized carbons (Fsp3) is 0.0625. The molecule has 0 saturated carbocycles. The maximum Gasteiger partial charge on any atom is 0.178 e. The molecule has 0 radical (unpaired) electrons. The zero-order chi connectivity index (χ0) is 15.0. The van der Waals surface area contributed by atoms with Gasteiger partial charge in [-0.2, -0.15) is 0 Å². The smallest absolute Gasteiger partial charge is 0.178 e. The van der Waals surface area contributed by atoms with E-state index in [0.717, 1.165) is 26.7 Å². The number of halogens is 2. The molecular formula is C16H12BrClN2O. The first kappa shape index (κ1) is 14.2. The molecule has 3 aromatic rings. The molecular weight excluding hydrogens is 352 g/mol. The standard InChI is InChI=1S/C16H12BrClN2O/c1-9-5-2-3-6-10(9)13-15(21-20-16(13)19)11-7-4-8-12(17)14(11)18/h2-8H,1H3,(H2,19,20). The molecule has 0 bridgehead atoms. The Hall–Kier alpha value is -1.78. The minimum Gasteiger partial charge on any atom is -0.380 e. The molecule has 21 heavy (non-hydrogen) atoms. The van der Waals surface area contributed by atoms with Crippen LogP contribution in [0.3, 0.4) is 0 Å². The number of hydrogen-bond acceptors (Lipinski definition) is 3. The molecule has 106 valence electrons. The summed E-state index contributed by atoms with van der Waals surface area (Å²) >= 11 is 9.78. The van der Waals surface area contributed by atoms with Gasteiger partial charge >= 0.3 is 0 Å². The lowest BCUT2D eigenvalue weighted by Gasteiger charge is -2.08. The number of hydrogen-bond donors (Lipinski definition) is 1. The third-order valence-corrected chi connectivity index (χ3v) is 4.63. The van der Waals surface area contributed by atoms with Crippen molar-refractivity contribution in [1.82, 2.24) is 5.16 Å². The van der Waals surface area contributed by atoms with Crippen molar-refractivity contribution in [3.8, 4) is 22.5 Å². The molecule has 1 aromatic heterocycles. The Kier molecular flexibility index (Phi) is 3.74. The summed E-state index contributed by atoms with van der Waals surface area (Å²) in [6.45, 7) is 2.02. The summed E-state index contributed by atoms with van der Waals surface area (Å²) < 4.78 is 6.24. The van der Waals surface area contributed by atoms with Crippen molar-refractivity contribution in [2.24, 2.45) is 0 Å². The maximum absolute atomic E-state index is 6.36. The highest BCUT2D eigenvalue weighted by atomic mass is 79.9. The third-order valence-electron chi connectivity index (χ3n) is 3.33. The lowest BCUT2D eigenvalue weighted by Crippen LogP contribution is -1.91. The minimum absolute atomic E-state index is 0.357. The van der Waals surface area contributed by atoms with Crippen LogP contribution in [0.4, 0.5) is 5.82 Å². The van der Waals surface area contributed by atoms with E-state index in [1.165, 1.54) is 0 Å². The van der Waals surface area contributed by atoms with E-state index >= 15 is 0 Å². The topological polar surface area (TPSA) is 52.0 Å². The van der Waals surface area contributed by atoms with Gasteiger partial charge in [-0.15, -0.1) is 0 Å². The Labute approximate surface area is 135 Å². The SMILES string of the molecule is Cc1ccccc1-c1c(N)noc1-c1cccc(Br)c1Cl. The van der Waals surface area contributed by atoms with E-state index in [9.17, 15) is 0 Å². The van der Waals surface area contributed by atoms with Crippen LogP contribution in [-0.4, -0.2) is 5.16 Å². The van der Waals surface area contributed by atoms with Gasteiger partial charge in [0.2, 0.25) is 0 Å². The lowest BCUT2D eigenvalue weighted by molar-refractivity contribution is 0.436. The summed E-state index contributed by atoms with van der Waals surface area (Å²) in [5, 5.41) is 4.48. The molecule has 0 aliphatic heterocycles. The highest BCUT2D eigenvalue weighted by Crippen LogP contribution is 2.42. The van der Waals surface area contributed by atoms with Crippen LogP contribution in [-0.2, 0) is 0 Å². The molecule has 1 heterocycles. The average Bonchev–Trinajstić information content (AvgIpc) is 2.84. The van der Waals surface area contributed by atoms with Crippen LogP contribution in [0.1, 0.15) is 5.56 Å². The van der Waals surface area contributed by atoms with E-state index in [-0.39, 0.29) is 0 Å². The Morgan fingerprint density at radius 2 is 1.81 bits per heavy atom. The van der Waals surface area contributed by atoms with Crippen LogP contribution in [0.2, 0.25) is 5.02 Å². The van der Waals surface area contributed by atoms with Crippen molar-refractivity contribution in [3.63, 3.8) is 0 Å². The average molecular weight is 364 g/mol. The first-order chi connectivity index (χ1) is 10.1. The molecule has 5 heteroatoms. The van der Waals surface area contributed by atoms with Crippen molar-refractivity contribution in [2.45, 2.75) is 6.92 Å². The number of aryl methyl sites for hydroxylation is 1. The van der Waals surface area contributed by atoms with Crippen LogP contribution in [0.25, 0.3) is 22.5 Å². The molecule has 0 atom stereocenters. The largest absolute Gasteiger partial charge is 0.380 e. The number of anilines is 1. The van der Waals surface area contributed by atoms with Gasteiger partial charge in [0.1, 0.15) is 0 Å². The summed E-state index contributed by atoms with van der Waals surface area (Å²) in [5.41, 5.74) is 9.62. The van der Waals surface area contributed by atoms with Crippen LogP contribution in [0.5, 0.6) is 0 Å². The second-order valence-electron chi connectivity index (χ2n) is 4.69. The molecule has 0 saturated heterocycles. The Bertz CT molecular complexity index is 814. The van der Waals surface area contributed by atoms with Gasteiger partial charge in [0.15, 0.2) is 11.6 Å². The fourth-order valence-corrected chi connectivity index (χ4v) is 2.86. The van der Waals surface area contributed by atoms with Crippen molar-refractivity contribution < 1.29 is 4.52 Å². The molecule has 2 N–H and O–H groups in total. The van der Waals surface area contributed by atoms with Gasteiger partial charge < -0.3 is 10.3 Å². The maximum atomic E-state index is 6.36. The van der Waals surface area contributed by atoms with Gasteiger partial charge in [-0.05, 0) is 46.1 Å². The lowest BCUT2D eigenvalue weighted by atomic mass is 9.98. The molecule has 0 unspecified atom stereocenters. The highest BCUT2D eigenvalue weighted by molar-refractivity contribution is 9.10. The number of aromatic nitrogens is 1. The number of nitrogen functional groups attached to an aromatic ring is 1. The zero-order valence-corrected chi connectivity index (χ0v) is 13.6. The van der Waals surface area contributed by atoms with Gasteiger partial charge in [0.25, 0.3) is 0 Å². The summed E-state index contributed by atoms with van der Waals surface area (Å²) in [6, 6.07) is 13.6. The van der Waals surface area contributed by atoms with Crippen LogP contribution >= 0.6 is 27.5 Å². The van der Waals surface area contributed by atoms with Crippen LogP contribution in [0.15, 0.2) is 51.5 Å². The van der Waals surface area contributed by atoms with E-state index in [1.807, 2.05) is 49.4 Å². The molecule has 0 fully saturated rings. The predicted octanol–water partition coefficient (Wildman–Crippen LogP) is 5.32. The van der Waals surface area contributed by atoms with E-state index in [2.05, 4.69) is 21.1 Å². The van der Waals surface area contributed by atoms with Gasteiger partial charge in [-0.1, -0.05) is 47.1 Å². The van der Waals surface area contributed by atoms with Gasteiger partial charge in [-0.3, -0.25) is 0 Å². The number of nitrogens with zero attached hydrogens (tertiary/aromatic N) is 1. The Morgan fingerprint density at radius 1 is 1.10 bits per heavy atom. The van der Waals surface area contributed by atoms with E-state index in [4.69, 9.17) is 21.9 Å². The van der Waals surface area contributed by atoms with E-state index in [0.29, 0.717) is 16.6 Å². The van der Waals surface area contributed by atoms with Gasteiger partial charge in [0, 0.05) is 10.0 Å². The fourth-order valence-electron chi connectivity index (χ4n) is 2.28. The van der Waals surface area contributed by atoms with E-state index in [1.54, 1.807) is 0 Å². The van der Waals surface area contributed by atoms with Crippen LogP contribution < -0.4 is 5.73 Å². The number of rotatable bonds is 2. The van der Waals surface area contributed by atoms with Crippen molar-refractivity contribution in [1.29, 1.82) is 0 Å². The molecule has 0 amide bonds. The number of benzene rings is 2. The van der Waals surface area contributed by atoms with E-state index < -0.39 is 0 Å². The first-order valence-electron chi connectivity index (χ1n) is 6.35. The Balaban J connectivity index is 2.28. The summed E-state index contributed by atoms with van der Waals surface area (Å²) in [4.78, 5) is 0. The van der Waals surface area contributed by atoms with Crippen molar-refractivity contribution >= 4 is 33.3 Å². The van der Waals surface area contributed by atoms with Crippen molar-refractivity contribution in [3.05, 3.63) is 57.5 Å². The number of nitrogens with two attached hydrogens (primary N) is 1. The normalized spacial score (nSPS) is 10.8. The Morgan fingerprint density at radius 3 is 2.57 bits per heavy atom. The zero-order valence-electron chi connectivity index (χ0n) is 11.2. The third kappa shape index (κ3) is 2.45. The summed E-state index contributed by atoms with van der Waals surface area (Å²) in [7, 11) is 0.